The van der Waals surface area contributed by atoms with Crippen molar-refractivity contribution in [1.29, 1.82) is 0 Å². The molecule has 3 heteroatoms. The molecule has 0 spiro atoms. The minimum atomic E-state index is 0.0799. The summed E-state index contributed by atoms with van der Waals surface area (Å²) in [5.41, 5.74) is 0. The summed E-state index contributed by atoms with van der Waals surface area (Å²) < 4.78 is 0. The molecule has 0 aromatic rings. The van der Waals surface area contributed by atoms with E-state index < -0.39 is 0 Å². The predicted molar refractivity (Wildman–Crippen MR) is 31.3 cm³/mol. The number of hydrogen-bond donors (Lipinski definition) is 0. The van der Waals surface area contributed by atoms with Crippen molar-refractivity contribution in [2.75, 3.05) is 6.54 Å². The third kappa shape index (κ3) is 1.03. The molecule has 42 valence electrons. The van der Waals surface area contributed by atoms with Gasteiger partial charge in [0.15, 0.2) is 0 Å². The average molecular weight is 109 g/mol. The van der Waals surface area contributed by atoms with E-state index in [0.29, 0.717) is 6.42 Å². The Morgan fingerprint density at radius 2 is 2.25 bits per heavy atom. The molecule has 0 atom stereocenters. The second-order valence-electron chi connectivity index (χ2n) is 2.04. The Kier molecular flexibility index (Phi) is 1.56. The van der Waals surface area contributed by atoms with Crippen molar-refractivity contribution < 1.29 is 4.79 Å². The maximum absolute atomic E-state index is 10.6. The molecule has 0 aliphatic carbocycles. The summed E-state index contributed by atoms with van der Waals surface area (Å²) >= 11 is 0. The number of piperidine rings is 1. The van der Waals surface area contributed by atoms with Crippen LogP contribution in [0.3, 0.4) is 0 Å². The van der Waals surface area contributed by atoms with Gasteiger partial charge in [-0.1, -0.05) is 0 Å². The molecule has 1 saturated heterocycles. The summed E-state index contributed by atoms with van der Waals surface area (Å²) in [6.07, 6.45) is 2.70. The van der Waals surface area contributed by atoms with Gasteiger partial charge in [-0.25, -0.2) is 0 Å². The topological polar surface area (TPSA) is 20.3 Å². The van der Waals surface area contributed by atoms with Gasteiger partial charge in [0.05, 0.1) is 0 Å². The van der Waals surface area contributed by atoms with Crippen LogP contribution >= 0.6 is 0 Å². The van der Waals surface area contributed by atoms with Gasteiger partial charge in [0.25, 0.3) is 0 Å². The molecule has 1 aliphatic rings. The van der Waals surface area contributed by atoms with Gasteiger partial charge in [-0.05, 0) is 12.8 Å². The van der Waals surface area contributed by atoms with Crippen LogP contribution in [-0.4, -0.2) is 25.2 Å². The van der Waals surface area contributed by atoms with Crippen LogP contribution < -0.4 is 0 Å². The Morgan fingerprint density at radius 3 is 2.62 bits per heavy atom. The smallest absolute Gasteiger partial charge is 0.230 e. The van der Waals surface area contributed by atoms with Crippen LogP contribution in [0.4, 0.5) is 0 Å². The van der Waals surface area contributed by atoms with Crippen molar-refractivity contribution in [2.24, 2.45) is 0 Å². The Hall–Kier alpha value is -0.465. The number of rotatable bonds is 0. The molecule has 1 aliphatic heterocycles. The minimum Gasteiger partial charge on any atom is -0.397 e. The lowest BCUT2D eigenvalue weighted by molar-refractivity contribution is -0.128. The second kappa shape index (κ2) is 2.20. The largest absolute Gasteiger partial charge is 0.397 e. The first kappa shape index (κ1) is 5.67. The van der Waals surface area contributed by atoms with E-state index in [0.717, 1.165) is 19.4 Å². The molecule has 0 saturated carbocycles. The normalized spacial score (nSPS) is 21.5. The maximum Gasteiger partial charge on any atom is 0.230 e. The van der Waals surface area contributed by atoms with E-state index in [1.54, 1.807) is 0 Å². The van der Waals surface area contributed by atoms with Crippen molar-refractivity contribution in [3.8, 4) is 0 Å². The zero-order chi connectivity index (χ0) is 5.98. The lowest BCUT2D eigenvalue weighted by Gasteiger charge is -2.21. The Labute approximate surface area is 50.3 Å². The summed E-state index contributed by atoms with van der Waals surface area (Å²) in [6.45, 7) is 0.735. The van der Waals surface area contributed by atoms with Gasteiger partial charge >= 0.3 is 0 Å². The molecular formula is C5H8BNO. The van der Waals surface area contributed by atoms with E-state index in [2.05, 4.69) is 0 Å². The number of carbonyl (C=O) groups excluding carboxylic acids is 1. The van der Waals surface area contributed by atoms with E-state index in [-0.39, 0.29) is 5.91 Å². The van der Waals surface area contributed by atoms with E-state index in [9.17, 15) is 4.79 Å². The van der Waals surface area contributed by atoms with Crippen LogP contribution in [0.1, 0.15) is 19.3 Å². The van der Waals surface area contributed by atoms with Gasteiger partial charge < -0.3 is 4.81 Å². The van der Waals surface area contributed by atoms with E-state index in [1.165, 1.54) is 4.81 Å². The molecule has 1 heterocycles. The first-order valence-electron chi connectivity index (χ1n) is 2.86. The van der Waals surface area contributed by atoms with E-state index in [4.69, 9.17) is 7.98 Å². The van der Waals surface area contributed by atoms with E-state index >= 15 is 0 Å². The lowest BCUT2D eigenvalue weighted by atomic mass is 10.1. The lowest BCUT2D eigenvalue weighted by Crippen LogP contribution is -2.32. The monoisotopic (exact) mass is 109 g/mol. The SMILES string of the molecule is [B]N1CCCCC1=O. The summed E-state index contributed by atoms with van der Waals surface area (Å²) in [5, 5.41) is 0. The zero-order valence-corrected chi connectivity index (χ0v) is 4.76. The van der Waals surface area contributed by atoms with Crippen LogP contribution in [0.25, 0.3) is 0 Å². The quantitative estimate of drug-likeness (QED) is 0.403. The van der Waals surface area contributed by atoms with Crippen molar-refractivity contribution in [3.05, 3.63) is 0 Å². The highest BCUT2D eigenvalue weighted by Crippen LogP contribution is 2.06. The Balaban J connectivity index is 2.39. The molecule has 1 rings (SSSR count). The molecule has 0 unspecified atom stereocenters. The molecule has 1 fully saturated rings. The van der Waals surface area contributed by atoms with Crippen LogP contribution in [0.5, 0.6) is 0 Å². The summed E-state index contributed by atoms with van der Waals surface area (Å²) in [7, 11) is 5.26. The van der Waals surface area contributed by atoms with Crippen LogP contribution in [0.15, 0.2) is 0 Å². The number of hydrogen-bond acceptors (Lipinski definition) is 1. The van der Waals surface area contributed by atoms with Gasteiger partial charge in [-0.2, -0.15) is 0 Å². The molecule has 2 radical (unpaired) electrons. The molecule has 0 aromatic heterocycles. The fourth-order valence-electron chi connectivity index (χ4n) is 0.827. The Bertz CT molecular complexity index is 105. The highest BCUT2D eigenvalue weighted by Gasteiger charge is 2.11. The highest BCUT2D eigenvalue weighted by molar-refractivity contribution is 6.14. The van der Waals surface area contributed by atoms with Gasteiger partial charge in [0, 0.05) is 13.0 Å². The fourth-order valence-corrected chi connectivity index (χ4v) is 0.827. The molecule has 2 nitrogen and oxygen atoms in total. The van der Waals surface area contributed by atoms with Crippen LogP contribution in [0, 0.1) is 0 Å². The Morgan fingerprint density at radius 1 is 1.50 bits per heavy atom. The van der Waals surface area contributed by atoms with Gasteiger partial charge in [0.1, 0.15) is 0 Å². The van der Waals surface area contributed by atoms with Crippen LogP contribution in [-0.2, 0) is 4.79 Å². The molecule has 0 aromatic carbocycles. The van der Waals surface area contributed by atoms with Crippen LogP contribution in [0.2, 0.25) is 0 Å². The third-order valence-corrected chi connectivity index (χ3v) is 1.36. The van der Waals surface area contributed by atoms with Gasteiger partial charge in [-0.15, -0.1) is 0 Å². The maximum atomic E-state index is 10.6. The van der Waals surface area contributed by atoms with Crippen molar-refractivity contribution in [1.82, 2.24) is 4.81 Å². The second-order valence-corrected chi connectivity index (χ2v) is 2.04. The van der Waals surface area contributed by atoms with Gasteiger partial charge in [-0.3, -0.25) is 4.79 Å². The first-order valence-corrected chi connectivity index (χ1v) is 2.86. The summed E-state index contributed by atoms with van der Waals surface area (Å²) in [6, 6.07) is 0. The van der Waals surface area contributed by atoms with Gasteiger partial charge in [0.2, 0.25) is 13.9 Å². The average Bonchev–Trinajstić information content (AvgIpc) is 1.77. The summed E-state index contributed by atoms with van der Waals surface area (Å²) in [5.74, 6) is 0.0799. The highest BCUT2D eigenvalue weighted by atomic mass is 16.2. The molecule has 8 heavy (non-hydrogen) atoms. The fraction of sp³-hybridized carbons (Fsp3) is 0.800. The predicted octanol–water partition coefficient (Wildman–Crippen LogP) is 0.0824. The minimum absolute atomic E-state index is 0.0799. The molecule has 0 bridgehead atoms. The first-order chi connectivity index (χ1) is 3.80. The van der Waals surface area contributed by atoms with E-state index in [1.807, 2.05) is 0 Å². The number of nitrogens with zero attached hydrogens (tertiary/aromatic N) is 1. The van der Waals surface area contributed by atoms with Crippen molar-refractivity contribution in [2.45, 2.75) is 19.3 Å². The molecule has 0 N–H and O–H groups in total. The third-order valence-electron chi connectivity index (χ3n) is 1.36. The summed E-state index contributed by atoms with van der Waals surface area (Å²) in [4.78, 5) is 11.9. The molecule has 1 amide bonds. The standard InChI is InChI=1S/C5H8BNO/c6-7-4-2-1-3-5(7)8/h1-4H2. The number of amides is 1. The van der Waals surface area contributed by atoms with Crippen molar-refractivity contribution >= 4 is 13.9 Å². The van der Waals surface area contributed by atoms with Crippen molar-refractivity contribution in [3.63, 3.8) is 0 Å². The zero-order valence-electron chi connectivity index (χ0n) is 4.76. The molecular weight excluding hydrogens is 101 g/mol. The number of carbonyl (C=O) groups is 1.